The van der Waals surface area contributed by atoms with Crippen molar-refractivity contribution in [1.82, 2.24) is 5.32 Å². The second-order valence-electron chi connectivity index (χ2n) is 4.94. The van der Waals surface area contributed by atoms with E-state index in [-0.39, 0.29) is 18.1 Å². The molecule has 18 heavy (non-hydrogen) atoms. The Kier molecular flexibility index (Phi) is 9.98. The summed E-state index contributed by atoms with van der Waals surface area (Å²) in [5.74, 6) is 0.412. The van der Waals surface area contributed by atoms with E-state index in [2.05, 4.69) is 19.2 Å². The van der Waals surface area contributed by atoms with Gasteiger partial charge in [0, 0.05) is 19.3 Å². The van der Waals surface area contributed by atoms with Gasteiger partial charge in [-0.3, -0.25) is 4.79 Å². The minimum Gasteiger partial charge on any atom is -0.468 e. The Balaban J connectivity index is 3.92. The predicted molar refractivity (Wildman–Crippen MR) is 73.6 cm³/mol. The maximum Gasteiger partial charge on any atom is 0.322 e. The molecule has 1 unspecified atom stereocenters. The van der Waals surface area contributed by atoms with Gasteiger partial charge in [0.1, 0.15) is 6.04 Å². The second-order valence-corrected chi connectivity index (χ2v) is 4.94. The highest BCUT2D eigenvalue weighted by molar-refractivity contribution is 5.75. The van der Waals surface area contributed by atoms with E-state index >= 15 is 0 Å². The van der Waals surface area contributed by atoms with Gasteiger partial charge in [-0.25, -0.2) is 0 Å². The topological polar surface area (TPSA) is 47.6 Å². The monoisotopic (exact) mass is 259 g/mol. The van der Waals surface area contributed by atoms with E-state index in [0.717, 1.165) is 19.4 Å². The third-order valence-electron chi connectivity index (χ3n) is 3.08. The van der Waals surface area contributed by atoms with E-state index < -0.39 is 0 Å². The Morgan fingerprint density at radius 3 is 2.28 bits per heavy atom. The van der Waals surface area contributed by atoms with Crippen LogP contribution in [0.15, 0.2) is 0 Å². The van der Waals surface area contributed by atoms with Crippen molar-refractivity contribution in [2.24, 2.45) is 5.92 Å². The van der Waals surface area contributed by atoms with Crippen LogP contribution in [0.4, 0.5) is 0 Å². The summed E-state index contributed by atoms with van der Waals surface area (Å²) in [5, 5.41) is 3.19. The molecule has 0 aliphatic rings. The zero-order chi connectivity index (χ0) is 14.0. The number of ether oxygens (including phenoxy) is 2. The van der Waals surface area contributed by atoms with Gasteiger partial charge in [-0.15, -0.1) is 0 Å². The minimum absolute atomic E-state index is 0.213. The van der Waals surface area contributed by atoms with E-state index in [1.165, 1.54) is 7.11 Å². The molecule has 0 heterocycles. The van der Waals surface area contributed by atoms with E-state index in [9.17, 15) is 4.79 Å². The highest BCUT2D eigenvalue weighted by Crippen LogP contribution is 2.08. The summed E-state index contributed by atoms with van der Waals surface area (Å²) >= 11 is 0. The van der Waals surface area contributed by atoms with Crippen LogP contribution in [0.2, 0.25) is 0 Å². The Morgan fingerprint density at radius 1 is 1.22 bits per heavy atom. The van der Waals surface area contributed by atoms with Gasteiger partial charge in [-0.1, -0.05) is 40.5 Å². The maximum atomic E-state index is 11.5. The molecule has 0 aromatic heterocycles. The van der Waals surface area contributed by atoms with E-state index in [0.29, 0.717) is 18.9 Å². The van der Waals surface area contributed by atoms with Gasteiger partial charge in [-0.05, 0) is 12.3 Å². The lowest BCUT2D eigenvalue weighted by molar-refractivity contribution is -0.143. The standard InChI is InChI=1S/C14H29NO3/c1-6-12(7-2)10-18-9-8-13(14(16)17-5)15-11(3)4/h11-13,15H,6-10H2,1-5H3. The smallest absolute Gasteiger partial charge is 0.322 e. The number of nitrogens with one attached hydrogen (secondary N) is 1. The van der Waals surface area contributed by atoms with Crippen LogP contribution in [0.1, 0.15) is 47.0 Å². The molecular weight excluding hydrogens is 230 g/mol. The molecule has 1 N–H and O–H groups in total. The fraction of sp³-hybridized carbons (Fsp3) is 0.929. The molecule has 0 aromatic carbocycles. The Bertz CT molecular complexity index is 215. The van der Waals surface area contributed by atoms with Gasteiger partial charge in [0.05, 0.1) is 7.11 Å². The molecule has 4 nitrogen and oxygen atoms in total. The molecule has 0 radical (unpaired) electrons. The molecule has 0 spiro atoms. The van der Waals surface area contributed by atoms with Gasteiger partial charge in [0.2, 0.25) is 0 Å². The van der Waals surface area contributed by atoms with E-state index in [1.54, 1.807) is 0 Å². The van der Waals surface area contributed by atoms with Crippen LogP contribution in [0.3, 0.4) is 0 Å². The van der Waals surface area contributed by atoms with E-state index in [1.807, 2.05) is 13.8 Å². The first-order valence-corrected chi connectivity index (χ1v) is 6.96. The first-order chi connectivity index (χ1) is 8.54. The lowest BCUT2D eigenvalue weighted by atomic mass is 10.1. The zero-order valence-electron chi connectivity index (χ0n) is 12.5. The van der Waals surface area contributed by atoms with Crippen LogP contribution in [0.25, 0.3) is 0 Å². The third kappa shape index (κ3) is 7.67. The molecule has 0 saturated heterocycles. The van der Waals surface area contributed by atoms with Crippen molar-refractivity contribution in [2.45, 2.75) is 59.0 Å². The fourth-order valence-electron chi connectivity index (χ4n) is 1.79. The normalized spacial score (nSPS) is 13.1. The molecule has 0 fully saturated rings. The molecule has 4 heteroatoms. The van der Waals surface area contributed by atoms with Crippen LogP contribution < -0.4 is 5.32 Å². The number of carbonyl (C=O) groups is 1. The van der Waals surface area contributed by atoms with E-state index in [4.69, 9.17) is 9.47 Å². The van der Waals surface area contributed by atoms with Crippen molar-refractivity contribution in [2.75, 3.05) is 20.3 Å². The summed E-state index contributed by atoms with van der Waals surface area (Å²) in [7, 11) is 1.42. The quantitative estimate of drug-likeness (QED) is 0.483. The first kappa shape index (κ1) is 17.4. The molecule has 1 atom stereocenters. The van der Waals surface area contributed by atoms with Crippen molar-refractivity contribution < 1.29 is 14.3 Å². The molecule has 0 bridgehead atoms. The lowest BCUT2D eigenvalue weighted by Gasteiger charge is -2.19. The molecule has 0 aromatic rings. The number of methoxy groups -OCH3 is 1. The molecule has 0 amide bonds. The predicted octanol–water partition coefficient (Wildman–Crippen LogP) is 2.37. The van der Waals surface area contributed by atoms with Gasteiger partial charge >= 0.3 is 5.97 Å². The fourth-order valence-corrected chi connectivity index (χ4v) is 1.79. The van der Waals surface area contributed by atoms with Gasteiger partial charge < -0.3 is 14.8 Å². The summed E-state index contributed by atoms with van der Waals surface area (Å²) < 4.78 is 10.4. The third-order valence-corrected chi connectivity index (χ3v) is 3.08. The lowest BCUT2D eigenvalue weighted by Crippen LogP contribution is -2.42. The molecule has 0 aliphatic heterocycles. The highest BCUT2D eigenvalue weighted by atomic mass is 16.5. The highest BCUT2D eigenvalue weighted by Gasteiger charge is 2.19. The number of carbonyl (C=O) groups excluding carboxylic acids is 1. The molecule has 108 valence electrons. The van der Waals surface area contributed by atoms with Crippen molar-refractivity contribution in [3.63, 3.8) is 0 Å². The average Bonchev–Trinajstić information content (AvgIpc) is 2.36. The van der Waals surface area contributed by atoms with Gasteiger partial charge in [0.15, 0.2) is 0 Å². The average molecular weight is 259 g/mol. The van der Waals surface area contributed by atoms with Crippen molar-refractivity contribution in [3.8, 4) is 0 Å². The number of esters is 1. The SMILES string of the molecule is CCC(CC)COCCC(NC(C)C)C(=O)OC. The second kappa shape index (κ2) is 10.3. The Hall–Kier alpha value is -0.610. The summed E-state index contributed by atoms with van der Waals surface area (Å²) in [6, 6.07) is -0.00941. The van der Waals surface area contributed by atoms with Gasteiger partial charge in [0.25, 0.3) is 0 Å². The van der Waals surface area contributed by atoms with Crippen molar-refractivity contribution in [3.05, 3.63) is 0 Å². The summed E-state index contributed by atoms with van der Waals surface area (Å²) in [5.41, 5.74) is 0. The number of hydrogen-bond acceptors (Lipinski definition) is 4. The number of rotatable bonds is 10. The van der Waals surface area contributed by atoms with Crippen molar-refractivity contribution in [1.29, 1.82) is 0 Å². The van der Waals surface area contributed by atoms with Crippen LogP contribution in [0, 0.1) is 5.92 Å². The largest absolute Gasteiger partial charge is 0.468 e. The summed E-state index contributed by atoms with van der Waals surface area (Å²) in [6.45, 7) is 9.75. The van der Waals surface area contributed by atoms with Crippen LogP contribution in [-0.2, 0) is 14.3 Å². The van der Waals surface area contributed by atoms with Crippen molar-refractivity contribution >= 4 is 5.97 Å². The zero-order valence-corrected chi connectivity index (χ0v) is 12.5. The van der Waals surface area contributed by atoms with Crippen LogP contribution in [0.5, 0.6) is 0 Å². The Morgan fingerprint density at radius 2 is 1.83 bits per heavy atom. The molecule has 0 saturated carbocycles. The van der Waals surface area contributed by atoms with Crippen LogP contribution >= 0.6 is 0 Å². The summed E-state index contributed by atoms with van der Waals surface area (Å²) in [6.07, 6.45) is 2.94. The number of hydrogen-bond donors (Lipinski definition) is 1. The maximum absolute atomic E-state index is 11.5. The Labute approximate surface area is 111 Å². The molecule has 0 aliphatic carbocycles. The summed E-state index contributed by atoms with van der Waals surface area (Å²) in [4.78, 5) is 11.5. The van der Waals surface area contributed by atoms with Gasteiger partial charge in [-0.2, -0.15) is 0 Å². The van der Waals surface area contributed by atoms with Crippen LogP contribution in [-0.4, -0.2) is 38.4 Å². The molecule has 0 rings (SSSR count). The molecular formula is C14H29NO3. The minimum atomic E-state index is -0.267. The first-order valence-electron chi connectivity index (χ1n) is 6.96.